The molecule has 3 aromatic carbocycles. The van der Waals surface area contributed by atoms with E-state index in [4.69, 9.17) is 11.6 Å². The van der Waals surface area contributed by atoms with Crippen molar-refractivity contribution in [2.75, 3.05) is 4.31 Å². The molecule has 2 N–H and O–H groups in total. The number of aromatic nitrogens is 2. The third kappa shape index (κ3) is 7.21. The summed E-state index contributed by atoms with van der Waals surface area (Å²) in [6, 6.07) is 18.1. The molecule has 1 aromatic heterocycles. The number of halogens is 4. The lowest BCUT2D eigenvalue weighted by Crippen LogP contribution is -2.35. The van der Waals surface area contributed by atoms with Crippen LogP contribution in [0.2, 0.25) is 5.02 Å². The molecule has 4 rings (SSSR count). The Labute approximate surface area is 234 Å². The van der Waals surface area contributed by atoms with Gasteiger partial charge in [0.05, 0.1) is 28.5 Å². The normalized spacial score (nSPS) is 13.1. The number of nitrogens with one attached hydrogen (secondary N) is 1. The van der Waals surface area contributed by atoms with Gasteiger partial charge in [-0.25, -0.2) is 8.51 Å². The first-order valence-corrected chi connectivity index (χ1v) is 13.7. The number of hydrogen-bond acceptors (Lipinski definition) is 5. The van der Waals surface area contributed by atoms with Gasteiger partial charge in [-0.2, -0.15) is 21.9 Å². The quantitative estimate of drug-likeness (QED) is 0.218. The highest BCUT2D eigenvalue weighted by molar-refractivity contribution is 7.81. The molecule has 0 aliphatic carbocycles. The van der Waals surface area contributed by atoms with E-state index in [0.717, 1.165) is 35.0 Å². The highest BCUT2D eigenvalue weighted by Gasteiger charge is 2.34. The molecule has 2 atom stereocenters. The van der Waals surface area contributed by atoms with Crippen LogP contribution in [0.1, 0.15) is 39.7 Å². The first-order chi connectivity index (χ1) is 18.5. The lowest BCUT2D eigenvalue weighted by Gasteiger charge is -2.23. The minimum Gasteiger partial charge on any atom is -0.349 e. The van der Waals surface area contributed by atoms with Crippen molar-refractivity contribution in [2.24, 2.45) is 0 Å². The highest BCUT2D eigenvalue weighted by atomic mass is 35.5. The van der Waals surface area contributed by atoms with E-state index in [-0.39, 0.29) is 23.5 Å². The molecule has 0 saturated carbocycles. The first kappa shape index (κ1) is 28.7. The number of hydrogen-bond donors (Lipinski definition) is 2. The van der Waals surface area contributed by atoms with Crippen molar-refractivity contribution >= 4 is 52.0 Å². The van der Waals surface area contributed by atoms with Gasteiger partial charge in [0.15, 0.2) is 5.82 Å². The van der Waals surface area contributed by atoms with Crippen LogP contribution in [-0.2, 0) is 30.3 Å². The molecule has 2 unspecified atom stereocenters. The largest absolute Gasteiger partial charge is 0.416 e. The molecule has 0 bridgehead atoms. The van der Waals surface area contributed by atoms with Crippen LogP contribution in [0, 0.1) is 0 Å². The summed E-state index contributed by atoms with van der Waals surface area (Å²) < 4.78 is 72.8. The zero-order valence-corrected chi connectivity index (χ0v) is 22.7. The first-order valence-electron chi connectivity index (χ1n) is 11.6. The maximum Gasteiger partial charge on any atom is 0.416 e. The van der Waals surface area contributed by atoms with Gasteiger partial charge in [-0.3, -0.25) is 9.35 Å². The van der Waals surface area contributed by atoms with Crippen LogP contribution < -0.4 is 9.62 Å². The monoisotopic (exact) mass is 594 g/mol. The van der Waals surface area contributed by atoms with Crippen LogP contribution in [0.25, 0.3) is 0 Å². The summed E-state index contributed by atoms with van der Waals surface area (Å²) in [4.78, 5) is 13.3. The molecule has 7 nitrogen and oxygen atoms in total. The third-order valence-corrected chi connectivity index (χ3v) is 7.21. The van der Waals surface area contributed by atoms with Crippen molar-refractivity contribution in [3.05, 3.63) is 106 Å². The number of benzene rings is 3. The number of carbonyl (C=O) groups excluding carboxylic acids is 1. The van der Waals surface area contributed by atoms with E-state index in [1.165, 1.54) is 0 Å². The molecular formula is C26H22ClF3N4O3S2. The summed E-state index contributed by atoms with van der Waals surface area (Å²) in [6.07, 6.45) is -4.13. The average Bonchev–Trinajstić information content (AvgIpc) is 3.32. The Bertz CT molecular complexity index is 1470. The zero-order chi connectivity index (χ0) is 28.2. The van der Waals surface area contributed by atoms with Gasteiger partial charge in [0, 0.05) is 17.5 Å². The predicted octanol–water partition coefficient (Wildman–Crippen LogP) is 6.44. The van der Waals surface area contributed by atoms with E-state index in [1.54, 1.807) is 43.3 Å². The van der Waals surface area contributed by atoms with E-state index in [0.29, 0.717) is 21.8 Å². The molecular weight excluding hydrogens is 573 g/mol. The Morgan fingerprint density at radius 2 is 1.77 bits per heavy atom. The molecule has 13 heteroatoms. The van der Waals surface area contributed by atoms with E-state index in [2.05, 4.69) is 14.1 Å². The maximum absolute atomic E-state index is 13.7. The molecule has 0 saturated heterocycles. The fourth-order valence-corrected chi connectivity index (χ4v) is 5.26. The van der Waals surface area contributed by atoms with Crippen molar-refractivity contribution in [1.29, 1.82) is 0 Å². The summed E-state index contributed by atoms with van der Waals surface area (Å²) in [5, 5.41) is 3.32. The van der Waals surface area contributed by atoms with Gasteiger partial charge in [-0.1, -0.05) is 54.1 Å². The molecule has 0 aliphatic rings. The van der Waals surface area contributed by atoms with Crippen molar-refractivity contribution in [2.45, 2.75) is 32.0 Å². The fourth-order valence-electron chi connectivity index (χ4n) is 3.92. The number of carbonyl (C=O) groups is 1. The van der Waals surface area contributed by atoms with Crippen molar-refractivity contribution < 1.29 is 26.7 Å². The molecule has 1 heterocycles. The zero-order valence-electron chi connectivity index (χ0n) is 20.4. The Morgan fingerprint density at radius 3 is 2.41 bits per heavy atom. The van der Waals surface area contributed by atoms with Gasteiger partial charge in [0.1, 0.15) is 5.69 Å². The van der Waals surface area contributed by atoms with Crippen molar-refractivity contribution in [3.63, 3.8) is 0 Å². The minimum absolute atomic E-state index is 0.118. The lowest BCUT2D eigenvalue weighted by atomic mass is 10.0. The number of anilines is 2. The molecule has 1 amide bonds. The summed E-state index contributed by atoms with van der Waals surface area (Å²) in [6.45, 7) is 1.74. The highest BCUT2D eigenvalue weighted by Crippen LogP contribution is 2.37. The van der Waals surface area contributed by atoms with Gasteiger partial charge >= 0.3 is 6.18 Å². The van der Waals surface area contributed by atoms with Gasteiger partial charge in [-0.05, 0) is 54.8 Å². The van der Waals surface area contributed by atoms with Crippen LogP contribution >= 0.6 is 23.3 Å². The summed E-state index contributed by atoms with van der Waals surface area (Å²) in [7, 11) is 0. The second-order valence-electron chi connectivity index (χ2n) is 8.66. The van der Waals surface area contributed by atoms with Gasteiger partial charge in [0.2, 0.25) is 0 Å². The van der Waals surface area contributed by atoms with Crippen molar-refractivity contribution in [1.82, 2.24) is 14.1 Å². The fraction of sp³-hybridized carbons (Fsp3) is 0.192. The van der Waals surface area contributed by atoms with E-state index < -0.39 is 40.6 Å². The summed E-state index contributed by atoms with van der Waals surface area (Å²) >= 11 is 3.78. The van der Waals surface area contributed by atoms with Gasteiger partial charge in [-0.15, -0.1) is 0 Å². The molecule has 39 heavy (non-hydrogen) atoms. The maximum atomic E-state index is 13.7. The van der Waals surface area contributed by atoms with E-state index in [9.17, 15) is 26.7 Å². The number of alkyl halides is 3. The topological polar surface area (TPSA) is 95.4 Å². The van der Waals surface area contributed by atoms with E-state index >= 15 is 0 Å². The molecule has 4 aromatic rings. The summed E-state index contributed by atoms with van der Waals surface area (Å²) in [5.41, 5.74) is 0.223. The van der Waals surface area contributed by atoms with Crippen LogP contribution in [0.4, 0.5) is 24.7 Å². The van der Waals surface area contributed by atoms with Gasteiger partial charge < -0.3 is 5.32 Å². The number of rotatable bonds is 9. The van der Waals surface area contributed by atoms with Crippen LogP contribution in [0.3, 0.4) is 0 Å². The van der Waals surface area contributed by atoms with Crippen LogP contribution in [-0.4, -0.2) is 29.5 Å². The summed E-state index contributed by atoms with van der Waals surface area (Å²) in [5.74, 6) is -0.837. The lowest BCUT2D eigenvalue weighted by molar-refractivity contribution is -0.137. The smallest absolute Gasteiger partial charge is 0.349 e. The standard InChI is InChI=1S/C26H22ClF3N4O3S2/c1-16(13-18-7-10-20(27)11-8-18)31-25(35)21-12-9-19(26(28,29)30)15-23(21)34(39(36)37)24-22(32-38-33-24)14-17-5-3-2-4-6-17/h2-12,15-16H,13-14H2,1H3,(H,31,35)(H,36,37). The van der Waals surface area contributed by atoms with Crippen LogP contribution in [0.5, 0.6) is 0 Å². The molecule has 0 spiro atoms. The molecule has 0 aliphatic heterocycles. The van der Waals surface area contributed by atoms with E-state index in [1.807, 2.05) is 18.2 Å². The molecule has 0 radical (unpaired) electrons. The number of nitrogens with zero attached hydrogens (tertiary/aromatic N) is 3. The Balaban J connectivity index is 1.71. The minimum atomic E-state index is -4.76. The van der Waals surface area contributed by atoms with Crippen LogP contribution in [0.15, 0.2) is 72.8 Å². The second-order valence-corrected chi connectivity index (χ2v) is 10.4. The second kappa shape index (κ2) is 12.2. The SMILES string of the molecule is CC(Cc1ccc(Cl)cc1)NC(=O)c1ccc(C(F)(F)F)cc1N(c1nsnc1Cc1ccccc1)S(=O)O. The average molecular weight is 595 g/mol. The Kier molecular flexibility index (Phi) is 9.01. The van der Waals surface area contributed by atoms with Crippen molar-refractivity contribution in [3.8, 4) is 0 Å². The number of amides is 1. The predicted molar refractivity (Wildman–Crippen MR) is 146 cm³/mol. The molecule has 204 valence electrons. The Hall–Kier alpha value is -3.32. The molecule has 0 fully saturated rings. The Morgan fingerprint density at radius 1 is 1.08 bits per heavy atom. The third-order valence-electron chi connectivity index (χ3n) is 5.72. The van der Waals surface area contributed by atoms with Gasteiger partial charge in [0.25, 0.3) is 17.2 Å².